The van der Waals surface area contributed by atoms with Crippen molar-refractivity contribution in [2.45, 2.75) is 38.2 Å². The average molecular weight is 432 g/mol. The van der Waals surface area contributed by atoms with Gasteiger partial charge >= 0.3 is 12.1 Å². The number of sulfonamides is 1. The van der Waals surface area contributed by atoms with E-state index in [0.29, 0.717) is 9.87 Å². The number of ether oxygens (including phenoxy) is 2. The number of rotatable bonds is 5. The van der Waals surface area contributed by atoms with E-state index in [9.17, 15) is 18.0 Å². The smallest absolute Gasteiger partial charge is 0.429 e. The molecule has 2 aromatic rings. The van der Waals surface area contributed by atoms with Gasteiger partial charge in [-0.15, -0.1) is 0 Å². The van der Waals surface area contributed by atoms with Gasteiger partial charge in [0, 0.05) is 0 Å². The number of carbonyl (C=O) groups excluding carboxylic acids is 2. The molecule has 0 aromatic heterocycles. The molecule has 0 atom stereocenters. The van der Waals surface area contributed by atoms with Gasteiger partial charge in [-0.25, -0.2) is 18.0 Å². The number of hydrogen-bond donors (Lipinski definition) is 0. The van der Waals surface area contributed by atoms with Crippen molar-refractivity contribution < 1.29 is 27.5 Å². The fraction of sp³-hybridized carbons (Fsp3) is 0.273. The van der Waals surface area contributed by atoms with Crippen LogP contribution in [0.3, 0.4) is 0 Å². The molecule has 160 valence electrons. The maximum atomic E-state index is 13.4. The zero-order chi connectivity index (χ0) is 22.5. The van der Waals surface area contributed by atoms with Crippen LogP contribution in [0, 0.1) is 6.92 Å². The molecule has 0 bridgehead atoms. The Morgan fingerprint density at radius 2 is 1.53 bits per heavy atom. The van der Waals surface area contributed by atoms with E-state index in [2.05, 4.69) is 0 Å². The van der Waals surface area contributed by atoms with E-state index in [0.717, 1.165) is 12.7 Å². The lowest BCUT2D eigenvalue weighted by molar-refractivity contribution is -0.137. The third-order valence-corrected chi connectivity index (χ3v) is 5.53. The fourth-order valence-corrected chi connectivity index (χ4v) is 3.77. The monoisotopic (exact) mass is 431 g/mol. The first-order valence-electron chi connectivity index (χ1n) is 9.16. The molecule has 2 aromatic carbocycles. The molecule has 0 saturated heterocycles. The van der Waals surface area contributed by atoms with Gasteiger partial charge in [0.15, 0.2) is 0 Å². The summed E-state index contributed by atoms with van der Waals surface area (Å²) in [6, 6.07) is 14.4. The van der Waals surface area contributed by atoms with Crippen LogP contribution < -0.4 is 0 Å². The molecule has 0 saturated carbocycles. The summed E-state index contributed by atoms with van der Waals surface area (Å²) in [6.45, 7) is 6.60. The number of hydrogen-bond acceptors (Lipinski definition) is 6. The van der Waals surface area contributed by atoms with Gasteiger partial charge in [0.05, 0.1) is 12.0 Å². The van der Waals surface area contributed by atoms with E-state index in [1.54, 1.807) is 70.2 Å². The van der Waals surface area contributed by atoms with E-state index in [4.69, 9.17) is 9.47 Å². The normalized spacial score (nSPS) is 12.2. The van der Waals surface area contributed by atoms with Crippen LogP contribution in [-0.4, -0.2) is 37.5 Å². The van der Waals surface area contributed by atoms with E-state index in [1.807, 2.05) is 0 Å². The number of methoxy groups -OCH3 is 1. The zero-order valence-corrected chi connectivity index (χ0v) is 18.4. The average Bonchev–Trinajstić information content (AvgIpc) is 2.66. The van der Waals surface area contributed by atoms with Crippen molar-refractivity contribution in [3.05, 3.63) is 71.4 Å². The van der Waals surface area contributed by atoms with Crippen molar-refractivity contribution in [3.8, 4) is 0 Å². The fourth-order valence-electron chi connectivity index (χ4n) is 2.46. The predicted octanol–water partition coefficient (Wildman–Crippen LogP) is 4.13. The van der Waals surface area contributed by atoms with Gasteiger partial charge in [-0.05, 0) is 51.5 Å². The summed E-state index contributed by atoms with van der Waals surface area (Å²) in [5.41, 5.74) is -0.138. The molecule has 0 aliphatic carbocycles. The molecule has 0 fully saturated rings. The zero-order valence-electron chi connectivity index (χ0n) is 17.6. The van der Waals surface area contributed by atoms with Gasteiger partial charge in [-0.1, -0.05) is 48.0 Å². The summed E-state index contributed by atoms with van der Waals surface area (Å²) in [6.07, 6.45) is 0.0530. The lowest BCUT2D eigenvalue weighted by Crippen LogP contribution is -2.42. The van der Waals surface area contributed by atoms with Gasteiger partial charge in [0.25, 0.3) is 10.0 Å². The number of aryl methyl sites for hydroxylation is 1. The van der Waals surface area contributed by atoms with E-state index in [-0.39, 0.29) is 4.90 Å². The SMILES string of the molecule is COC(=O)/C(=C/c1ccccc1)N(C(=O)OC(C)(C)C)S(=O)(=O)c1ccc(C)cc1. The first-order chi connectivity index (χ1) is 14.0. The third-order valence-electron chi connectivity index (χ3n) is 3.83. The van der Waals surface area contributed by atoms with Crippen molar-refractivity contribution in [2.24, 2.45) is 0 Å². The molecule has 7 nitrogen and oxygen atoms in total. The molecular weight excluding hydrogens is 406 g/mol. The summed E-state index contributed by atoms with van der Waals surface area (Å²) in [5.74, 6) is -1.000. The molecule has 8 heteroatoms. The van der Waals surface area contributed by atoms with Crippen LogP contribution in [0.4, 0.5) is 4.79 Å². The Kier molecular flexibility index (Phi) is 7.04. The standard InChI is InChI=1S/C22H25NO6S/c1-16-11-13-18(14-12-16)30(26,27)23(21(25)29-22(2,3)4)19(20(24)28-5)15-17-9-7-6-8-10-17/h6-15H,1-5H3/b19-15-. The summed E-state index contributed by atoms with van der Waals surface area (Å²) in [4.78, 5) is 25.4. The first-order valence-corrected chi connectivity index (χ1v) is 10.6. The Bertz CT molecular complexity index is 1040. The maximum absolute atomic E-state index is 13.4. The molecule has 1 amide bonds. The maximum Gasteiger partial charge on any atom is 0.429 e. The minimum atomic E-state index is -4.47. The Morgan fingerprint density at radius 3 is 2.03 bits per heavy atom. The molecule has 0 aliphatic heterocycles. The van der Waals surface area contributed by atoms with Crippen molar-refractivity contribution in [1.82, 2.24) is 4.31 Å². The number of nitrogens with zero attached hydrogens (tertiary/aromatic N) is 1. The van der Waals surface area contributed by atoms with E-state index < -0.39 is 33.4 Å². The Balaban J connectivity index is 2.71. The molecule has 0 heterocycles. The highest BCUT2D eigenvalue weighted by molar-refractivity contribution is 7.89. The molecule has 0 spiro atoms. The quantitative estimate of drug-likeness (QED) is 0.522. The highest BCUT2D eigenvalue weighted by Crippen LogP contribution is 2.26. The van der Waals surface area contributed by atoms with Crippen LogP contribution >= 0.6 is 0 Å². The second-order valence-electron chi connectivity index (χ2n) is 7.49. The van der Waals surface area contributed by atoms with Crippen LogP contribution in [0.2, 0.25) is 0 Å². The first kappa shape index (κ1) is 23.2. The summed E-state index contributed by atoms with van der Waals surface area (Å²) >= 11 is 0. The van der Waals surface area contributed by atoms with Crippen LogP contribution in [0.25, 0.3) is 6.08 Å². The van der Waals surface area contributed by atoms with Crippen molar-refractivity contribution in [2.75, 3.05) is 7.11 Å². The van der Waals surface area contributed by atoms with Crippen molar-refractivity contribution in [3.63, 3.8) is 0 Å². The second-order valence-corrected chi connectivity index (χ2v) is 9.28. The number of amides is 1. The number of esters is 1. The molecule has 0 N–H and O–H groups in total. The minimum Gasteiger partial charge on any atom is -0.464 e. The second kappa shape index (κ2) is 9.13. The molecular formula is C22H25NO6S. The Morgan fingerprint density at radius 1 is 0.967 bits per heavy atom. The topological polar surface area (TPSA) is 90.0 Å². The van der Waals surface area contributed by atoms with Crippen LogP contribution in [-0.2, 0) is 24.3 Å². The summed E-state index contributed by atoms with van der Waals surface area (Å²) < 4.78 is 37.2. The summed E-state index contributed by atoms with van der Waals surface area (Å²) in [5, 5.41) is 0. The summed E-state index contributed by atoms with van der Waals surface area (Å²) in [7, 11) is -3.37. The largest absolute Gasteiger partial charge is 0.464 e. The third kappa shape index (κ3) is 5.70. The molecule has 2 rings (SSSR count). The van der Waals surface area contributed by atoms with Crippen LogP contribution in [0.15, 0.2) is 65.2 Å². The predicted molar refractivity (Wildman–Crippen MR) is 113 cm³/mol. The Labute approximate surface area is 177 Å². The number of benzene rings is 2. The van der Waals surface area contributed by atoms with Gasteiger partial charge in [-0.3, -0.25) is 0 Å². The van der Waals surface area contributed by atoms with E-state index >= 15 is 0 Å². The van der Waals surface area contributed by atoms with Crippen LogP contribution in [0.1, 0.15) is 31.9 Å². The minimum absolute atomic E-state index is 0.165. The highest BCUT2D eigenvalue weighted by atomic mass is 32.2. The van der Waals surface area contributed by atoms with E-state index in [1.165, 1.54) is 18.2 Å². The van der Waals surface area contributed by atoms with Gasteiger partial charge in [0.1, 0.15) is 11.3 Å². The lowest BCUT2D eigenvalue weighted by atomic mass is 10.2. The van der Waals surface area contributed by atoms with Gasteiger partial charge < -0.3 is 9.47 Å². The Hall–Kier alpha value is -3.13. The van der Waals surface area contributed by atoms with Crippen molar-refractivity contribution >= 4 is 28.2 Å². The van der Waals surface area contributed by atoms with Crippen molar-refractivity contribution in [1.29, 1.82) is 0 Å². The molecule has 0 radical (unpaired) electrons. The lowest BCUT2D eigenvalue weighted by Gasteiger charge is -2.27. The number of carbonyl (C=O) groups is 2. The molecule has 30 heavy (non-hydrogen) atoms. The van der Waals surface area contributed by atoms with Gasteiger partial charge in [0.2, 0.25) is 0 Å². The van der Waals surface area contributed by atoms with Gasteiger partial charge in [-0.2, -0.15) is 4.31 Å². The molecule has 0 aliphatic rings. The van der Waals surface area contributed by atoms with Crippen LogP contribution in [0.5, 0.6) is 0 Å². The highest BCUT2D eigenvalue weighted by Gasteiger charge is 2.39. The molecule has 0 unspecified atom stereocenters.